The Hall–Kier alpha value is -0.700. The molecular formula is C6H8NOS+. The lowest BCUT2D eigenvalue weighted by molar-refractivity contribution is -0.503. The third-order valence-electron chi connectivity index (χ3n) is 0.985. The van der Waals surface area contributed by atoms with Crippen molar-refractivity contribution in [2.75, 3.05) is 6.26 Å². The molecule has 1 atom stereocenters. The van der Waals surface area contributed by atoms with Crippen molar-refractivity contribution >= 4 is 11.0 Å². The summed E-state index contributed by atoms with van der Waals surface area (Å²) in [6.45, 7) is 0. The lowest BCUT2D eigenvalue weighted by Crippen LogP contribution is -2.35. The van der Waals surface area contributed by atoms with E-state index in [0.717, 1.165) is 0 Å². The van der Waals surface area contributed by atoms with E-state index in [9.17, 15) is 4.21 Å². The van der Waals surface area contributed by atoms with Gasteiger partial charge in [0.05, 0.1) is 6.26 Å². The second kappa shape index (κ2) is 2.73. The summed E-state index contributed by atoms with van der Waals surface area (Å²) in [4.78, 5) is 0. The van der Waals surface area contributed by atoms with Gasteiger partial charge in [-0.3, -0.25) is 0 Å². The minimum absolute atomic E-state index is 0.912. The van der Waals surface area contributed by atoms with Crippen LogP contribution in [-0.4, -0.2) is 10.5 Å². The molecule has 9 heavy (non-hydrogen) atoms. The van der Waals surface area contributed by atoms with Crippen LogP contribution in [0.2, 0.25) is 0 Å². The number of hydrogen-bond donors (Lipinski definition) is 0. The summed E-state index contributed by atoms with van der Waals surface area (Å²) < 4.78 is 12.4. The van der Waals surface area contributed by atoms with E-state index in [0.29, 0.717) is 0 Å². The largest absolute Gasteiger partial charge is 0.283 e. The molecule has 0 aliphatic heterocycles. The fourth-order valence-corrected chi connectivity index (χ4v) is 1.04. The van der Waals surface area contributed by atoms with Gasteiger partial charge in [0.15, 0.2) is 12.4 Å². The lowest BCUT2D eigenvalue weighted by Gasteiger charge is -1.83. The van der Waals surface area contributed by atoms with E-state index in [-0.39, 0.29) is 0 Å². The molecule has 2 nitrogen and oxygen atoms in total. The van der Waals surface area contributed by atoms with Gasteiger partial charge in [-0.15, -0.1) is 3.97 Å². The average Bonchev–Trinajstić information content (AvgIpc) is 1.90. The normalized spacial score (nSPS) is 13.0. The second-order valence-corrected chi connectivity index (χ2v) is 2.93. The van der Waals surface area contributed by atoms with E-state index in [2.05, 4.69) is 0 Å². The first-order valence-corrected chi connectivity index (χ1v) is 4.12. The van der Waals surface area contributed by atoms with Gasteiger partial charge in [-0.05, 0) is 0 Å². The van der Waals surface area contributed by atoms with E-state index >= 15 is 0 Å². The number of pyridine rings is 1. The molecule has 0 aromatic carbocycles. The van der Waals surface area contributed by atoms with Crippen LogP contribution < -0.4 is 3.97 Å². The summed E-state index contributed by atoms with van der Waals surface area (Å²) in [6, 6.07) is 5.59. The van der Waals surface area contributed by atoms with Gasteiger partial charge < -0.3 is 0 Å². The van der Waals surface area contributed by atoms with Crippen molar-refractivity contribution in [2.24, 2.45) is 0 Å². The van der Waals surface area contributed by atoms with Gasteiger partial charge in [0.1, 0.15) is 0 Å². The topological polar surface area (TPSA) is 20.9 Å². The molecule has 48 valence electrons. The van der Waals surface area contributed by atoms with E-state index in [4.69, 9.17) is 0 Å². The molecule has 0 saturated heterocycles. The van der Waals surface area contributed by atoms with Gasteiger partial charge >= 0.3 is 0 Å². The molecule has 1 rings (SSSR count). The van der Waals surface area contributed by atoms with Crippen LogP contribution in [0.15, 0.2) is 30.6 Å². The quantitative estimate of drug-likeness (QED) is 0.510. The van der Waals surface area contributed by atoms with Gasteiger partial charge in [0, 0.05) is 12.1 Å². The van der Waals surface area contributed by atoms with Gasteiger partial charge in [0.2, 0.25) is 0 Å². The molecule has 0 fully saturated rings. The average molecular weight is 142 g/mol. The molecule has 1 unspecified atom stereocenters. The Morgan fingerprint density at radius 2 is 1.78 bits per heavy atom. The minimum atomic E-state index is -0.912. The van der Waals surface area contributed by atoms with E-state index < -0.39 is 11.0 Å². The first-order valence-electron chi connectivity index (χ1n) is 2.61. The highest BCUT2D eigenvalue weighted by atomic mass is 32.2. The van der Waals surface area contributed by atoms with Crippen LogP contribution in [0.1, 0.15) is 0 Å². The molecule has 0 radical (unpaired) electrons. The first-order chi connectivity index (χ1) is 4.30. The molecule has 1 heterocycles. The van der Waals surface area contributed by atoms with E-state index in [1.54, 1.807) is 22.6 Å². The van der Waals surface area contributed by atoms with Crippen molar-refractivity contribution in [3.05, 3.63) is 30.6 Å². The molecule has 0 spiro atoms. The summed E-state index contributed by atoms with van der Waals surface area (Å²) in [7, 11) is -0.912. The molecule has 0 aliphatic carbocycles. The number of hydrogen-bond acceptors (Lipinski definition) is 1. The summed E-state index contributed by atoms with van der Waals surface area (Å²) in [6.07, 6.45) is 5.19. The van der Waals surface area contributed by atoms with Crippen LogP contribution in [0.25, 0.3) is 0 Å². The monoisotopic (exact) mass is 142 g/mol. The van der Waals surface area contributed by atoms with Crippen LogP contribution in [0, 0.1) is 0 Å². The highest BCUT2D eigenvalue weighted by Crippen LogP contribution is 1.76. The van der Waals surface area contributed by atoms with E-state index in [1.165, 1.54) is 0 Å². The molecule has 1 aromatic heterocycles. The molecule has 0 aliphatic rings. The zero-order valence-corrected chi connectivity index (χ0v) is 5.97. The Morgan fingerprint density at radius 1 is 1.22 bits per heavy atom. The Kier molecular flexibility index (Phi) is 1.95. The number of aromatic nitrogens is 1. The SMILES string of the molecule is CS(=O)[n+]1ccccc1. The second-order valence-electron chi connectivity index (χ2n) is 1.66. The fourth-order valence-electron chi connectivity index (χ4n) is 0.554. The maximum absolute atomic E-state index is 10.7. The standard InChI is InChI=1S/C6H8NOS/c1-9(8)7-5-3-2-4-6-7/h2-6H,1H3/q+1. The van der Waals surface area contributed by atoms with Gasteiger partial charge in [0.25, 0.3) is 11.0 Å². The van der Waals surface area contributed by atoms with Gasteiger partial charge in [-0.2, -0.15) is 4.21 Å². The highest BCUT2D eigenvalue weighted by Gasteiger charge is 1.99. The Balaban J connectivity index is 2.98. The fraction of sp³-hybridized carbons (Fsp3) is 0.167. The maximum Gasteiger partial charge on any atom is 0.283 e. The van der Waals surface area contributed by atoms with Crippen molar-refractivity contribution in [1.29, 1.82) is 0 Å². The summed E-state index contributed by atoms with van der Waals surface area (Å²) in [5.41, 5.74) is 0. The molecular weight excluding hydrogens is 134 g/mol. The lowest BCUT2D eigenvalue weighted by atomic mass is 10.5. The van der Waals surface area contributed by atoms with Crippen molar-refractivity contribution in [3.8, 4) is 0 Å². The van der Waals surface area contributed by atoms with Crippen LogP contribution in [0.3, 0.4) is 0 Å². The van der Waals surface area contributed by atoms with Crippen LogP contribution in [0.4, 0.5) is 0 Å². The maximum atomic E-state index is 10.7. The molecule has 0 saturated carbocycles. The van der Waals surface area contributed by atoms with Crippen molar-refractivity contribution < 1.29 is 8.18 Å². The third kappa shape index (κ3) is 1.61. The smallest absolute Gasteiger partial charge is 0.186 e. The highest BCUT2D eigenvalue weighted by molar-refractivity contribution is 7.77. The predicted octanol–water partition coefficient (Wildman–Crippen LogP) is 0.116. The zero-order valence-electron chi connectivity index (χ0n) is 5.15. The van der Waals surface area contributed by atoms with Crippen LogP contribution in [0.5, 0.6) is 0 Å². The first kappa shape index (κ1) is 6.42. The van der Waals surface area contributed by atoms with Crippen molar-refractivity contribution in [2.45, 2.75) is 0 Å². The predicted molar refractivity (Wildman–Crippen MR) is 36.1 cm³/mol. The van der Waals surface area contributed by atoms with Gasteiger partial charge in [-0.1, -0.05) is 6.07 Å². The number of rotatable bonds is 1. The Bertz CT molecular complexity index is 210. The Labute approximate surface area is 56.7 Å². The summed E-state index contributed by atoms with van der Waals surface area (Å²) in [5.74, 6) is 0. The molecule has 0 amide bonds. The third-order valence-corrected chi connectivity index (χ3v) is 1.82. The molecule has 0 bridgehead atoms. The van der Waals surface area contributed by atoms with Crippen LogP contribution >= 0.6 is 0 Å². The zero-order chi connectivity index (χ0) is 6.69. The summed E-state index contributed by atoms with van der Waals surface area (Å²) in [5, 5.41) is 0. The molecule has 1 aromatic rings. The van der Waals surface area contributed by atoms with Crippen molar-refractivity contribution in [1.82, 2.24) is 0 Å². The van der Waals surface area contributed by atoms with Gasteiger partial charge in [-0.25, -0.2) is 0 Å². The number of nitrogens with zero attached hydrogens (tertiary/aromatic N) is 1. The minimum Gasteiger partial charge on any atom is -0.186 e. The summed E-state index contributed by atoms with van der Waals surface area (Å²) >= 11 is 0. The molecule has 0 N–H and O–H groups in total. The van der Waals surface area contributed by atoms with Crippen LogP contribution in [-0.2, 0) is 11.0 Å². The van der Waals surface area contributed by atoms with E-state index in [1.807, 2.05) is 18.2 Å². The molecule has 3 heteroatoms. The van der Waals surface area contributed by atoms with Crippen molar-refractivity contribution in [3.63, 3.8) is 0 Å². The Morgan fingerprint density at radius 3 is 2.11 bits per heavy atom.